The molecule has 1 atom stereocenters. The fourth-order valence-electron chi connectivity index (χ4n) is 2.55. The quantitative estimate of drug-likeness (QED) is 0.710. The molecule has 2 aromatic carbocycles. The van der Waals surface area contributed by atoms with Gasteiger partial charge in [-0.2, -0.15) is 0 Å². The first kappa shape index (κ1) is 11.0. The van der Waals surface area contributed by atoms with Gasteiger partial charge in [-0.1, -0.05) is 47.5 Å². The smallest absolute Gasteiger partial charge is 0.339 e. The van der Waals surface area contributed by atoms with Gasteiger partial charge in [0, 0.05) is 5.56 Å². The van der Waals surface area contributed by atoms with Gasteiger partial charge in [-0.3, -0.25) is 0 Å². The predicted molar refractivity (Wildman–Crippen MR) is 69.6 cm³/mol. The molecular weight excluding hydrogens is 224 g/mol. The number of fused-ring (bicyclic) bond motifs is 1. The molecule has 2 aromatic rings. The topological polar surface area (TPSA) is 26.3 Å². The molecule has 0 aromatic heterocycles. The normalized spacial score (nSPS) is 17.4. The van der Waals surface area contributed by atoms with Crippen LogP contribution in [0.2, 0.25) is 0 Å². The molecule has 0 saturated carbocycles. The number of rotatable bonds is 1. The third kappa shape index (κ3) is 1.70. The van der Waals surface area contributed by atoms with E-state index >= 15 is 0 Å². The molecule has 0 N–H and O–H groups in total. The molecule has 0 aliphatic carbocycles. The molecule has 1 aliphatic heterocycles. The highest BCUT2D eigenvalue weighted by atomic mass is 16.5. The van der Waals surface area contributed by atoms with Crippen LogP contribution in [-0.4, -0.2) is 5.97 Å². The third-order valence-electron chi connectivity index (χ3n) is 3.23. The van der Waals surface area contributed by atoms with Crippen molar-refractivity contribution in [2.24, 2.45) is 0 Å². The first-order valence-electron chi connectivity index (χ1n) is 6.03. The average Bonchev–Trinajstić information content (AvgIpc) is 2.66. The van der Waals surface area contributed by atoms with E-state index in [2.05, 4.69) is 32.0 Å². The minimum atomic E-state index is -0.257. The van der Waals surface area contributed by atoms with E-state index in [1.807, 2.05) is 24.3 Å². The Hall–Kier alpha value is -2.09. The molecule has 3 rings (SSSR count). The lowest BCUT2D eigenvalue weighted by molar-refractivity contribution is 0.0455. The summed E-state index contributed by atoms with van der Waals surface area (Å²) in [4.78, 5) is 11.8. The molecule has 0 spiro atoms. The SMILES string of the molecule is Cc1cc(C)cc(C2OC(=O)c3ccccc32)c1. The molecule has 0 radical (unpaired) electrons. The number of carbonyl (C=O) groups is 1. The van der Waals surface area contributed by atoms with E-state index in [0.29, 0.717) is 5.56 Å². The molecule has 1 heterocycles. The minimum absolute atomic E-state index is 0.227. The fourth-order valence-corrected chi connectivity index (χ4v) is 2.55. The maximum Gasteiger partial charge on any atom is 0.339 e. The van der Waals surface area contributed by atoms with Crippen molar-refractivity contribution in [1.82, 2.24) is 0 Å². The van der Waals surface area contributed by atoms with E-state index in [0.717, 1.165) is 11.1 Å². The van der Waals surface area contributed by atoms with E-state index < -0.39 is 0 Å². The molecule has 1 unspecified atom stereocenters. The zero-order valence-corrected chi connectivity index (χ0v) is 10.4. The number of cyclic esters (lactones) is 1. The Balaban J connectivity index is 2.12. The second-order valence-corrected chi connectivity index (χ2v) is 4.79. The monoisotopic (exact) mass is 238 g/mol. The molecule has 18 heavy (non-hydrogen) atoms. The Morgan fingerprint density at radius 3 is 2.39 bits per heavy atom. The summed E-state index contributed by atoms with van der Waals surface area (Å²) < 4.78 is 5.49. The van der Waals surface area contributed by atoms with Gasteiger partial charge >= 0.3 is 5.97 Å². The van der Waals surface area contributed by atoms with Gasteiger partial charge in [-0.25, -0.2) is 4.79 Å². The summed E-state index contributed by atoms with van der Waals surface area (Å²) in [5.74, 6) is -0.227. The Labute approximate surface area is 106 Å². The molecule has 1 aliphatic rings. The average molecular weight is 238 g/mol. The second kappa shape index (κ2) is 3.98. The highest BCUT2D eigenvalue weighted by Crippen LogP contribution is 2.36. The van der Waals surface area contributed by atoms with Gasteiger partial charge in [0.2, 0.25) is 0 Å². The Bertz CT molecular complexity index is 608. The van der Waals surface area contributed by atoms with Crippen LogP contribution >= 0.6 is 0 Å². The van der Waals surface area contributed by atoms with Crippen LogP contribution in [0.25, 0.3) is 0 Å². The van der Waals surface area contributed by atoms with Crippen LogP contribution in [-0.2, 0) is 4.74 Å². The first-order chi connectivity index (χ1) is 8.65. The van der Waals surface area contributed by atoms with Crippen LogP contribution in [0.1, 0.15) is 38.7 Å². The van der Waals surface area contributed by atoms with Crippen molar-refractivity contribution in [2.45, 2.75) is 20.0 Å². The van der Waals surface area contributed by atoms with Gasteiger partial charge in [0.05, 0.1) is 5.56 Å². The molecule has 0 amide bonds. The second-order valence-electron chi connectivity index (χ2n) is 4.79. The molecular formula is C16H14O2. The van der Waals surface area contributed by atoms with Crippen molar-refractivity contribution >= 4 is 5.97 Å². The standard InChI is InChI=1S/C16H14O2/c1-10-7-11(2)9-12(8-10)15-13-5-3-4-6-14(13)16(17)18-15/h3-9,15H,1-2H3. The summed E-state index contributed by atoms with van der Waals surface area (Å²) in [5.41, 5.74) is 5.07. The summed E-state index contributed by atoms with van der Waals surface area (Å²) in [5, 5.41) is 0. The van der Waals surface area contributed by atoms with Crippen molar-refractivity contribution in [3.8, 4) is 0 Å². The number of ether oxygens (including phenoxy) is 1. The van der Waals surface area contributed by atoms with Crippen molar-refractivity contribution in [1.29, 1.82) is 0 Å². The number of esters is 1. The van der Waals surface area contributed by atoms with Gasteiger partial charge in [0.15, 0.2) is 6.10 Å². The van der Waals surface area contributed by atoms with Gasteiger partial charge in [0.25, 0.3) is 0 Å². The van der Waals surface area contributed by atoms with Gasteiger partial charge in [-0.15, -0.1) is 0 Å². The highest BCUT2D eigenvalue weighted by molar-refractivity contribution is 5.94. The van der Waals surface area contributed by atoms with Gasteiger partial charge in [-0.05, 0) is 25.5 Å². The van der Waals surface area contributed by atoms with Gasteiger partial charge in [0.1, 0.15) is 0 Å². The Kier molecular flexibility index (Phi) is 2.44. The van der Waals surface area contributed by atoms with Crippen molar-refractivity contribution in [3.05, 3.63) is 70.3 Å². The zero-order chi connectivity index (χ0) is 12.7. The largest absolute Gasteiger partial charge is 0.449 e. The van der Waals surface area contributed by atoms with Crippen molar-refractivity contribution in [2.75, 3.05) is 0 Å². The summed E-state index contributed by atoms with van der Waals surface area (Å²) >= 11 is 0. The van der Waals surface area contributed by atoms with E-state index in [9.17, 15) is 4.79 Å². The van der Waals surface area contributed by atoms with Crippen LogP contribution in [0.5, 0.6) is 0 Å². The predicted octanol–water partition coefficient (Wildman–Crippen LogP) is 3.56. The molecule has 2 nitrogen and oxygen atoms in total. The molecule has 0 bridgehead atoms. The van der Waals surface area contributed by atoms with Gasteiger partial charge < -0.3 is 4.74 Å². The number of hydrogen-bond acceptors (Lipinski definition) is 2. The van der Waals surface area contributed by atoms with E-state index in [1.165, 1.54) is 11.1 Å². The number of hydrogen-bond donors (Lipinski definition) is 0. The molecule has 2 heteroatoms. The van der Waals surface area contributed by atoms with Crippen LogP contribution in [0.4, 0.5) is 0 Å². The molecule has 90 valence electrons. The van der Waals surface area contributed by atoms with E-state index in [-0.39, 0.29) is 12.1 Å². The van der Waals surface area contributed by atoms with Crippen LogP contribution in [0.3, 0.4) is 0 Å². The number of aryl methyl sites for hydroxylation is 2. The van der Waals surface area contributed by atoms with Crippen LogP contribution in [0.15, 0.2) is 42.5 Å². The minimum Gasteiger partial charge on any atom is -0.449 e. The summed E-state index contributed by atoms with van der Waals surface area (Å²) in [7, 11) is 0. The van der Waals surface area contributed by atoms with E-state index in [1.54, 1.807) is 0 Å². The maximum atomic E-state index is 11.8. The highest BCUT2D eigenvalue weighted by Gasteiger charge is 2.31. The summed E-state index contributed by atoms with van der Waals surface area (Å²) in [6.45, 7) is 4.11. The molecule has 0 fully saturated rings. The van der Waals surface area contributed by atoms with Crippen molar-refractivity contribution < 1.29 is 9.53 Å². The van der Waals surface area contributed by atoms with E-state index in [4.69, 9.17) is 4.74 Å². The Morgan fingerprint density at radius 2 is 1.67 bits per heavy atom. The first-order valence-corrected chi connectivity index (χ1v) is 6.03. The molecule has 0 saturated heterocycles. The number of benzene rings is 2. The zero-order valence-electron chi connectivity index (χ0n) is 10.4. The summed E-state index contributed by atoms with van der Waals surface area (Å²) in [6.07, 6.45) is -0.257. The summed E-state index contributed by atoms with van der Waals surface area (Å²) in [6, 6.07) is 13.9. The lowest BCUT2D eigenvalue weighted by atomic mass is 9.97. The van der Waals surface area contributed by atoms with Crippen molar-refractivity contribution in [3.63, 3.8) is 0 Å². The number of carbonyl (C=O) groups excluding carboxylic acids is 1. The third-order valence-corrected chi connectivity index (χ3v) is 3.23. The van der Waals surface area contributed by atoms with Crippen LogP contribution in [0, 0.1) is 13.8 Å². The fraction of sp³-hybridized carbons (Fsp3) is 0.188. The van der Waals surface area contributed by atoms with Crippen LogP contribution < -0.4 is 0 Å². The lowest BCUT2D eigenvalue weighted by Gasteiger charge is -2.12. The lowest BCUT2D eigenvalue weighted by Crippen LogP contribution is -2.01. The Morgan fingerprint density at radius 1 is 1.00 bits per heavy atom. The maximum absolute atomic E-state index is 11.8.